The first-order valence-electron chi connectivity index (χ1n) is 5.23. The second kappa shape index (κ2) is 3.85. The molecule has 2 N–H and O–H groups in total. The minimum absolute atomic E-state index is 0.214. The summed E-state index contributed by atoms with van der Waals surface area (Å²) in [6.45, 7) is 1.98. The lowest BCUT2D eigenvalue weighted by Gasteiger charge is -2.08. The van der Waals surface area contributed by atoms with Crippen LogP contribution in [0, 0.1) is 0 Å². The van der Waals surface area contributed by atoms with E-state index in [-0.39, 0.29) is 11.9 Å². The normalized spacial score (nSPS) is 15.7. The van der Waals surface area contributed by atoms with Crippen molar-refractivity contribution in [2.75, 3.05) is 0 Å². The van der Waals surface area contributed by atoms with E-state index in [0.717, 1.165) is 18.5 Å². The van der Waals surface area contributed by atoms with Gasteiger partial charge in [-0.2, -0.15) is 4.58 Å². The lowest BCUT2D eigenvalue weighted by Crippen LogP contribution is -2.36. The molecule has 1 amide bonds. The van der Waals surface area contributed by atoms with Crippen molar-refractivity contribution in [3.8, 4) is 0 Å². The predicted molar refractivity (Wildman–Crippen MR) is 59.4 cm³/mol. The van der Waals surface area contributed by atoms with Crippen LogP contribution in [-0.4, -0.2) is 22.7 Å². The monoisotopic (exact) mass is 203 g/mol. The van der Waals surface area contributed by atoms with Crippen molar-refractivity contribution < 1.29 is 9.37 Å². The summed E-state index contributed by atoms with van der Waals surface area (Å²) >= 11 is 0. The van der Waals surface area contributed by atoms with Gasteiger partial charge in [0.15, 0.2) is 6.21 Å². The standard InChI is InChI=1S/C12H14N2O/c1-2-10(12(13)15)14-8-7-9-5-3-4-6-11(9)14/h3-6,8,10H,2,7H2,1H3,(H-,13,15)/p+1. The molecule has 1 heterocycles. The van der Waals surface area contributed by atoms with Crippen LogP contribution in [0.25, 0.3) is 0 Å². The molecule has 1 aromatic rings. The van der Waals surface area contributed by atoms with Gasteiger partial charge in [0.1, 0.15) is 0 Å². The summed E-state index contributed by atoms with van der Waals surface area (Å²) < 4.78 is 2.00. The first-order chi connectivity index (χ1) is 7.24. The van der Waals surface area contributed by atoms with Crippen molar-refractivity contribution >= 4 is 17.8 Å². The number of benzene rings is 1. The number of rotatable bonds is 3. The van der Waals surface area contributed by atoms with E-state index in [1.54, 1.807) is 0 Å². The molecule has 3 nitrogen and oxygen atoms in total. The van der Waals surface area contributed by atoms with Crippen LogP contribution in [0.2, 0.25) is 0 Å². The van der Waals surface area contributed by atoms with Crippen LogP contribution in [0.15, 0.2) is 24.3 Å². The third-order valence-corrected chi connectivity index (χ3v) is 2.83. The third kappa shape index (κ3) is 1.65. The molecule has 0 saturated carbocycles. The highest BCUT2D eigenvalue weighted by atomic mass is 16.1. The Kier molecular flexibility index (Phi) is 2.54. The van der Waals surface area contributed by atoms with Gasteiger partial charge in [0, 0.05) is 18.1 Å². The number of amides is 1. The fourth-order valence-corrected chi connectivity index (χ4v) is 2.06. The summed E-state index contributed by atoms with van der Waals surface area (Å²) in [6.07, 6.45) is 3.67. The minimum Gasteiger partial charge on any atom is -0.364 e. The van der Waals surface area contributed by atoms with Crippen molar-refractivity contribution in [1.29, 1.82) is 0 Å². The number of nitrogens with zero attached hydrogens (tertiary/aromatic N) is 1. The van der Waals surface area contributed by atoms with Gasteiger partial charge < -0.3 is 5.73 Å². The van der Waals surface area contributed by atoms with E-state index in [1.807, 2.05) is 35.9 Å². The zero-order chi connectivity index (χ0) is 10.8. The quantitative estimate of drug-likeness (QED) is 0.738. The Morgan fingerprint density at radius 1 is 1.53 bits per heavy atom. The molecule has 78 valence electrons. The van der Waals surface area contributed by atoms with Gasteiger partial charge in [0.25, 0.3) is 5.91 Å². The van der Waals surface area contributed by atoms with E-state index in [9.17, 15) is 4.79 Å². The van der Waals surface area contributed by atoms with Crippen LogP contribution < -0.4 is 5.73 Å². The number of primary amides is 1. The highest BCUT2D eigenvalue weighted by molar-refractivity contribution is 5.80. The van der Waals surface area contributed by atoms with Crippen LogP contribution in [0.3, 0.4) is 0 Å². The Morgan fingerprint density at radius 2 is 2.27 bits per heavy atom. The number of carbonyl (C=O) groups is 1. The summed E-state index contributed by atoms with van der Waals surface area (Å²) in [4.78, 5) is 11.3. The van der Waals surface area contributed by atoms with Gasteiger partial charge in [-0.25, -0.2) is 0 Å². The average molecular weight is 203 g/mol. The SMILES string of the molecule is CCC(C(N)=O)[N+]1=CCc2ccccc21. The highest BCUT2D eigenvalue weighted by Crippen LogP contribution is 2.25. The number of nitrogens with two attached hydrogens (primary N) is 1. The molecule has 1 aliphatic heterocycles. The molecule has 1 aliphatic rings. The number of para-hydroxylation sites is 1. The first-order valence-corrected chi connectivity index (χ1v) is 5.23. The molecule has 0 saturated heterocycles. The van der Waals surface area contributed by atoms with Gasteiger partial charge in [0.05, 0.1) is 6.42 Å². The summed E-state index contributed by atoms with van der Waals surface area (Å²) in [5.74, 6) is -0.259. The molecule has 2 rings (SSSR count). The maximum absolute atomic E-state index is 11.3. The summed E-state index contributed by atoms with van der Waals surface area (Å²) in [6, 6.07) is 7.90. The van der Waals surface area contributed by atoms with E-state index in [2.05, 4.69) is 6.07 Å². The number of fused-ring (bicyclic) bond motifs is 1. The second-order valence-electron chi connectivity index (χ2n) is 3.75. The summed E-state index contributed by atoms with van der Waals surface area (Å²) in [7, 11) is 0. The molecule has 0 bridgehead atoms. The molecule has 0 radical (unpaired) electrons. The summed E-state index contributed by atoms with van der Waals surface area (Å²) in [5, 5.41) is 0. The number of carbonyl (C=O) groups excluding carboxylic acids is 1. The van der Waals surface area contributed by atoms with Crippen LogP contribution in [-0.2, 0) is 11.2 Å². The Labute approximate surface area is 89.2 Å². The van der Waals surface area contributed by atoms with Crippen LogP contribution in [0.5, 0.6) is 0 Å². The molecule has 0 aliphatic carbocycles. The lowest BCUT2D eigenvalue weighted by atomic mass is 10.1. The van der Waals surface area contributed by atoms with Gasteiger partial charge in [0.2, 0.25) is 11.7 Å². The van der Waals surface area contributed by atoms with Gasteiger partial charge in [-0.15, -0.1) is 0 Å². The Morgan fingerprint density at radius 3 is 2.93 bits per heavy atom. The van der Waals surface area contributed by atoms with Gasteiger partial charge in [-0.05, 0) is 0 Å². The Bertz CT molecular complexity index is 423. The molecule has 15 heavy (non-hydrogen) atoms. The maximum Gasteiger partial charge on any atom is 0.286 e. The van der Waals surface area contributed by atoms with Gasteiger partial charge >= 0.3 is 0 Å². The van der Waals surface area contributed by atoms with E-state index >= 15 is 0 Å². The fourth-order valence-electron chi connectivity index (χ4n) is 2.06. The van der Waals surface area contributed by atoms with Crippen molar-refractivity contribution in [3.05, 3.63) is 29.8 Å². The van der Waals surface area contributed by atoms with Crippen molar-refractivity contribution in [1.82, 2.24) is 0 Å². The van der Waals surface area contributed by atoms with E-state index in [4.69, 9.17) is 5.73 Å². The van der Waals surface area contributed by atoms with E-state index in [1.165, 1.54) is 5.56 Å². The molecule has 0 aromatic heterocycles. The lowest BCUT2D eigenvalue weighted by molar-refractivity contribution is -0.463. The molecular weight excluding hydrogens is 188 g/mol. The van der Waals surface area contributed by atoms with Crippen LogP contribution in [0.4, 0.5) is 5.69 Å². The topological polar surface area (TPSA) is 46.1 Å². The molecule has 0 spiro atoms. The van der Waals surface area contributed by atoms with Crippen molar-refractivity contribution in [3.63, 3.8) is 0 Å². The van der Waals surface area contributed by atoms with Crippen LogP contribution >= 0.6 is 0 Å². The molecule has 1 aromatic carbocycles. The predicted octanol–water partition coefficient (Wildman–Crippen LogP) is 1.22. The Balaban J connectivity index is 2.37. The van der Waals surface area contributed by atoms with Gasteiger partial charge in [-0.3, -0.25) is 4.79 Å². The largest absolute Gasteiger partial charge is 0.364 e. The fraction of sp³-hybridized carbons (Fsp3) is 0.333. The Hall–Kier alpha value is -1.64. The highest BCUT2D eigenvalue weighted by Gasteiger charge is 2.31. The van der Waals surface area contributed by atoms with E-state index in [0.29, 0.717) is 0 Å². The zero-order valence-electron chi connectivity index (χ0n) is 8.81. The summed E-state index contributed by atoms with van der Waals surface area (Å²) in [5.41, 5.74) is 7.76. The average Bonchev–Trinajstić information content (AvgIpc) is 2.63. The first kappa shape index (κ1) is 9.90. The van der Waals surface area contributed by atoms with Gasteiger partial charge in [-0.1, -0.05) is 25.1 Å². The zero-order valence-corrected chi connectivity index (χ0v) is 8.81. The molecular formula is C12H15N2O+. The number of hydrogen-bond acceptors (Lipinski definition) is 1. The molecule has 0 fully saturated rings. The second-order valence-corrected chi connectivity index (χ2v) is 3.75. The van der Waals surface area contributed by atoms with Crippen molar-refractivity contribution in [2.24, 2.45) is 5.73 Å². The number of hydrogen-bond donors (Lipinski definition) is 1. The third-order valence-electron chi connectivity index (χ3n) is 2.83. The molecule has 3 heteroatoms. The maximum atomic E-state index is 11.3. The molecule has 1 unspecified atom stereocenters. The van der Waals surface area contributed by atoms with Crippen LogP contribution in [0.1, 0.15) is 18.9 Å². The van der Waals surface area contributed by atoms with E-state index < -0.39 is 0 Å². The van der Waals surface area contributed by atoms with Crippen molar-refractivity contribution in [2.45, 2.75) is 25.8 Å². The smallest absolute Gasteiger partial charge is 0.286 e. The molecule has 1 atom stereocenters. The minimum atomic E-state index is -0.259.